The molecule has 0 spiro atoms. The summed E-state index contributed by atoms with van der Waals surface area (Å²) in [6, 6.07) is 9.44. The van der Waals surface area contributed by atoms with Gasteiger partial charge in [-0.05, 0) is 66.8 Å². The molecule has 0 radical (unpaired) electrons. The van der Waals surface area contributed by atoms with Gasteiger partial charge in [-0.15, -0.1) is 22.7 Å². The van der Waals surface area contributed by atoms with Crippen LogP contribution < -0.4 is 5.73 Å². The van der Waals surface area contributed by atoms with Gasteiger partial charge in [0, 0.05) is 21.8 Å². The third-order valence-electron chi connectivity index (χ3n) is 3.59. The van der Waals surface area contributed by atoms with Crippen molar-refractivity contribution in [3.63, 3.8) is 0 Å². The quantitative estimate of drug-likeness (QED) is 0.807. The summed E-state index contributed by atoms with van der Waals surface area (Å²) in [6.07, 6.45) is 1.07. The second-order valence-electron chi connectivity index (χ2n) is 5.24. The predicted octanol–water partition coefficient (Wildman–Crippen LogP) is 4.52. The minimum atomic E-state index is 0.108. The minimum Gasteiger partial charge on any atom is -0.326 e. The van der Waals surface area contributed by atoms with Crippen LogP contribution in [-0.4, -0.2) is 24.0 Å². The number of rotatable bonds is 6. The third kappa shape index (κ3) is 3.92. The lowest BCUT2D eigenvalue weighted by Crippen LogP contribution is -2.42. The highest BCUT2D eigenvalue weighted by molar-refractivity contribution is 9.11. The van der Waals surface area contributed by atoms with E-state index in [1.54, 1.807) is 11.3 Å². The molecule has 0 bridgehead atoms. The van der Waals surface area contributed by atoms with E-state index in [1.165, 1.54) is 9.75 Å². The normalized spacial score (nSPS) is 16.3. The van der Waals surface area contributed by atoms with Gasteiger partial charge in [-0.1, -0.05) is 6.07 Å². The van der Waals surface area contributed by atoms with E-state index in [1.807, 2.05) is 11.3 Å². The van der Waals surface area contributed by atoms with Crippen molar-refractivity contribution in [2.75, 3.05) is 7.05 Å². The van der Waals surface area contributed by atoms with E-state index in [9.17, 15) is 0 Å². The van der Waals surface area contributed by atoms with Gasteiger partial charge in [-0.2, -0.15) is 0 Å². The third-order valence-corrected chi connectivity index (χ3v) is 6.19. The number of nitrogens with zero attached hydrogens (tertiary/aromatic N) is 1. The van der Waals surface area contributed by atoms with Crippen LogP contribution in [0, 0.1) is 0 Å². The fourth-order valence-corrected chi connectivity index (χ4v) is 4.97. The number of nitrogens with two attached hydrogens (primary N) is 1. The fraction of sp³-hybridized carbons (Fsp3) is 0.467. The van der Waals surface area contributed by atoms with E-state index in [-0.39, 0.29) is 12.1 Å². The van der Waals surface area contributed by atoms with Gasteiger partial charge in [-0.3, -0.25) is 4.90 Å². The standard InChI is InChI=1S/C15H21BrN2S2/c1-10(9-12-5-4-8-19-12)18(3)15(11(2)17)13-6-7-14(16)20-13/h4-8,10-11,15H,9,17H2,1-3H3. The molecule has 0 aliphatic carbocycles. The number of hydrogen-bond acceptors (Lipinski definition) is 4. The molecule has 3 atom stereocenters. The smallest absolute Gasteiger partial charge is 0.0702 e. The Kier molecular flexibility index (Phi) is 5.81. The summed E-state index contributed by atoms with van der Waals surface area (Å²) in [5, 5.41) is 2.14. The molecular weight excluding hydrogens is 352 g/mol. The molecule has 0 fully saturated rings. The highest BCUT2D eigenvalue weighted by atomic mass is 79.9. The summed E-state index contributed by atoms with van der Waals surface area (Å²) >= 11 is 7.15. The Morgan fingerprint density at radius 3 is 2.55 bits per heavy atom. The molecule has 0 amide bonds. The maximum Gasteiger partial charge on any atom is 0.0702 e. The second-order valence-corrected chi connectivity index (χ2v) is 8.77. The molecule has 2 aromatic heterocycles. The van der Waals surface area contributed by atoms with Gasteiger partial charge >= 0.3 is 0 Å². The summed E-state index contributed by atoms with van der Waals surface area (Å²) in [4.78, 5) is 5.16. The lowest BCUT2D eigenvalue weighted by Gasteiger charge is -2.35. The van der Waals surface area contributed by atoms with Crippen molar-refractivity contribution < 1.29 is 0 Å². The number of halogens is 1. The van der Waals surface area contributed by atoms with Crippen LogP contribution in [0.5, 0.6) is 0 Å². The molecule has 110 valence electrons. The molecule has 2 aromatic rings. The molecule has 0 aliphatic rings. The second kappa shape index (κ2) is 7.18. The van der Waals surface area contributed by atoms with E-state index in [2.05, 4.69) is 71.4 Å². The van der Waals surface area contributed by atoms with Crippen molar-refractivity contribution >= 4 is 38.6 Å². The molecule has 0 aliphatic heterocycles. The molecule has 0 saturated carbocycles. The van der Waals surface area contributed by atoms with Gasteiger partial charge < -0.3 is 5.73 Å². The first-order valence-electron chi connectivity index (χ1n) is 6.74. The highest BCUT2D eigenvalue weighted by Gasteiger charge is 2.26. The Morgan fingerprint density at radius 1 is 1.30 bits per heavy atom. The summed E-state index contributed by atoms with van der Waals surface area (Å²) in [5.41, 5.74) is 6.24. The van der Waals surface area contributed by atoms with Crippen molar-refractivity contribution in [1.29, 1.82) is 0 Å². The maximum absolute atomic E-state index is 6.24. The Labute approximate surface area is 137 Å². The predicted molar refractivity (Wildman–Crippen MR) is 93.7 cm³/mol. The largest absolute Gasteiger partial charge is 0.326 e. The van der Waals surface area contributed by atoms with Crippen molar-refractivity contribution in [3.8, 4) is 0 Å². The van der Waals surface area contributed by atoms with Crippen LogP contribution in [0.25, 0.3) is 0 Å². The molecule has 3 unspecified atom stereocenters. The molecule has 0 saturated heterocycles. The van der Waals surface area contributed by atoms with Gasteiger partial charge in [0.25, 0.3) is 0 Å². The number of thiophene rings is 2. The minimum absolute atomic E-state index is 0.108. The van der Waals surface area contributed by atoms with Gasteiger partial charge in [0.15, 0.2) is 0 Å². The first-order chi connectivity index (χ1) is 9.49. The molecule has 5 heteroatoms. The average Bonchev–Trinajstić information content (AvgIpc) is 3.01. The van der Waals surface area contributed by atoms with Crippen molar-refractivity contribution in [2.45, 2.75) is 38.4 Å². The summed E-state index contributed by atoms with van der Waals surface area (Å²) < 4.78 is 1.16. The first-order valence-corrected chi connectivity index (χ1v) is 9.23. The van der Waals surface area contributed by atoms with Gasteiger partial charge in [-0.25, -0.2) is 0 Å². The van der Waals surface area contributed by atoms with E-state index in [0.29, 0.717) is 6.04 Å². The lowest BCUT2D eigenvalue weighted by molar-refractivity contribution is 0.167. The SMILES string of the molecule is CC(N)C(c1ccc(Br)s1)N(C)C(C)Cc1cccs1. The van der Waals surface area contributed by atoms with Crippen LogP contribution >= 0.6 is 38.6 Å². The zero-order valence-electron chi connectivity index (χ0n) is 12.0. The summed E-state index contributed by atoms with van der Waals surface area (Å²) in [7, 11) is 2.18. The van der Waals surface area contributed by atoms with E-state index >= 15 is 0 Å². The lowest BCUT2D eigenvalue weighted by atomic mass is 10.0. The van der Waals surface area contributed by atoms with Crippen LogP contribution in [0.1, 0.15) is 29.6 Å². The Morgan fingerprint density at radius 2 is 2.05 bits per heavy atom. The molecular formula is C15H21BrN2S2. The highest BCUT2D eigenvalue weighted by Crippen LogP contribution is 2.33. The zero-order valence-corrected chi connectivity index (χ0v) is 15.3. The maximum atomic E-state index is 6.24. The van der Waals surface area contributed by atoms with Crippen LogP contribution in [0.15, 0.2) is 33.4 Å². The van der Waals surface area contributed by atoms with Crippen molar-refractivity contribution in [2.24, 2.45) is 5.73 Å². The molecule has 2 rings (SSSR count). The Bertz CT molecular complexity index is 522. The van der Waals surface area contributed by atoms with Crippen LogP contribution in [0.4, 0.5) is 0 Å². The monoisotopic (exact) mass is 372 g/mol. The summed E-state index contributed by atoms with van der Waals surface area (Å²) in [5.74, 6) is 0. The van der Waals surface area contributed by atoms with Crippen molar-refractivity contribution in [1.82, 2.24) is 4.90 Å². The van der Waals surface area contributed by atoms with E-state index in [4.69, 9.17) is 5.73 Å². The summed E-state index contributed by atoms with van der Waals surface area (Å²) in [6.45, 7) is 4.37. The molecule has 20 heavy (non-hydrogen) atoms. The Balaban J connectivity index is 2.12. The van der Waals surface area contributed by atoms with Crippen molar-refractivity contribution in [3.05, 3.63) is 43.2 Å². The number of likely N-dealkylation sites (N-methyl/N-ethyl adjacent to an activating group) is 1. The van der Waals surface area contributed by atoms with Gasteiger partial charge in [0.1, 0.15) is 0 Å². The van der Waals surface area contributed by atoms with Crippen LogP contribution in [0.2, 0.25) is 0 Å². The van der Waals surface area contributed by atoms with Gasteiger partial charge in [0.2, 0.25) is 0 Å². The average molecular weight is 373 g/mol. The van der Waals surface area contributed by atoms with E-state index in [0.717, 1.165) is 10.2 Å². The fourth-order valence-electron chi connectivity index (χ4n) is 2.46. The first kappa shape index (κ1) is 16.2. The Hall–Kier alpha value is -0.200. The zero-order chi connectivity index (χ0) is 14.7. The van der Waals surface area contributed by atoms with Crippen LogP contribution in [-0.2, 0) is 6.42 Å². The van der Waals surface area contributed by atoms with Crippen LogP contribution in [0.3, 0.4) is 0 Å². The molecule has 0 aromatic carbocycles. The molecule has 2 heterocycles. The molecule has 2 nitrogen and oxygen atoms in total. The van der Waals surface area contributed by atoms with Gasteiger partial charge in [0.05, 0.1) is 9.83 Å². The van der Waals surface area contributed by atoms with E-state index < -0.39 is 0 Å². The molecule has 2 N–H and O–H groups in total. The topological polar surface area (TPSA) is 29.3 Å². The number of hydrogen-bond donors (Lipinski definition) is 1.